The van der Waals surface area contributed by atoms with E-state index < -0.39 is 236 Å². The Labute approximate surface area is 571 Å². The number of amides is 6. The minimum absolute atomic E-state index is 0.0923. The van der Waals surface area contributed by atoms with Gasteiger partial charge in [0.25, 0.3) is 0 Å². The number of carbonyl (C=O) groups is 5. The molecule has 8 rings (SSSR count). The predicted molar refractivity (Wildman–Crippen MR) is 325 cm³/mol. The maximum absolute atomic E-state index is 12.9. The van der Waals surface area contributed by atoms with Crippen molar-refractivity contribution in [3.63, 3.8) is 0 Å². The average Bonchev–Trinajstić information content (AvgIpc) is 1.56. The first-order valence-corrected chi connectivity index (χ1v) is 34.0. The summed E-state index contributed by atoms with van der Waals surface area (Å²) < 4.78 is 70.3. The Hall–Kier alpha value is -3.66. The summed E-state index contributed by atoms with van der Waals surface area (Å²) in [5, 5.41) is 201. The van der Waals surface area contributed by atoms with Crippen LogP contribution in [0.5, 0.6) is 0 Å². The first-order valence-electron chi connectivity index (χ1n) is 33.0. The number of hydrogen-bond donors (Lipinski definition) is 23. The fourth-order valence-corrected chi connectivity index (χ4v) is 14.5. The van der Waals surface area contributed by atoms with E-state index >= 15 is 0 Å². The van der Waals surface area contributed by atoms with E-state index in [0.29, 0.717) is 37.4 Å². The number of unbranched alkanes of at least 4 members (excludes halogenated alkanes) is 3. The molecule has 8 fully saturated rings. The molecule has 41 heteroatoms. The van der Waals surface area contributed by atoms with Crippen molar-refractivity contribution in [3.05, 3.63) is 0 Å². The van der Waals surface area contributed by atoms with Gasteiger partial charge in [0.15, 0.2) is 37.7 Å². The van der Waals surface area contributed by atoms with Gasteiger partial charge in [-0.3, -0.25) is 19.2 Å². The van der Waals surface area contributed by atoms with Gasteiger partial charge in [-0.2, -0.15) is 11.8 Å². The fourth-order valence-electron chi connectivity index (χ4n) is 13.0. The number of fused-ring (bicyclic) bond motifs is 1. The minimum atomic E-state index is -2.24. The van der Waals surface area contributed by atoms with Gasteiger partial charge in [-0.25, -0.2) is 4.79 Å². The lowest BCUT2D eigenvalue weighted by atomic mass is 9.94. The highest BCUT2D eigenvalue weighted by Gasteiger charge is 2.58. The number of thioether (sulfide) groups is 1. The number of urea groups is 1. The molecule has 8 saturated heterocycles. The van der Waals surface area contributed by atoms with Gasteiger partial charge in [0.05, 0.1) is 51.7 Å². The quantitative estimate of drug-likeness (QED) is 0.0214. The summed E-state index contributed by atoms with van der Waals surface area (Å²) in [6.45, 7) is -3.21. The number of hydrogen-bond acceptors (Lipinski definition) is 35. The van der Waals surface area contributed by atoms with E-state index in [2.05, 4.69) is 31.9 Å². The zero-order chi connectivity index (χ0) is 72.1. The molecule has 0 aromatic heterocycles. The van der Waals surface area contributed by atoms with Crippen LogP contribution < -0.4 is 31.9 Å². The van der Waals surface area contributed by atoms with Crippen molar-refractivity contribution in [2.24, 2.45) is 0 Å². The molecule has 0 bridgehead atoms. The van der Waals surface area contributed by atoms with Gasteiger partial charge in [-0.15, -0.1) is 0 Å². The third-order valence-electron chi connectivity index (χ3n) is 18.4. The number of rotatable bonds is 33. The zero-order valence-corrected chi connectivity index (χ0v) is 55.0. The van der Waals surface area contributed by atoms with Crippen molar-refractivity contribution in [2.75, 3.05) is 65.1 Å². The lowest BCUT2D eigenvalue weighted by Crippen LogP contribution is -2.69. The van der Waals surface area contributed by atoms with Gasteiger partial charge in [0.1, 0.15) is 146 Å². The molecule has 0 aromatic carbocycles. The molecule has 8 heterocycles. The number of carbonyl (C=O) groups excluding carboxylic acids is 5. The molecule has 0 saturated carbocycles. The molecule has 99 heavy (non-hydrogen) atoms. The smallest absolute Gasteiger partial charge is 0.315 e. The van der Waals surface area contributed by atoms with E-state index in [1.165, 1.54) is 0 Å². The van der Waals surface area contributed by atoms with Gasteiger partial charge >= 0.3 is 6.03 Å². The highest BCUT2D eigenvalue weighted by atomic mass is 32.2. The van der Waals surface area contributed by atoms with E-state index in [4.69, 9.17) is 56.8 Å². The number of nitrogens with one attached hydrogen (secondary N) is 6. The topological polar surface area (TPSA) is 612 Å². The summed E-state index contributed by atoms with van der Waals surface area (Å²) in [6.07, 6.45) is -49.1. The highest BCUT2D eigenvalue weighted by Crippen LogP contribution is 2.38. The number of ether oxygens (including phenoxy) is 12. The normalized spacial score (nSPS) is 43.1. The molecule has 23 N–H and O–H groups in total. The largest absolute Gasteiger partial charge is 0.394 e. The highest BCUT2D eigenvalue weighted by molar-refractivity contribution is 8.00. The van der Waals surface area contributed by atoms with Crippen molar-refractivity contribution in [3.8, 4) is 0 Å². The summed E-state index contributed by atoms with van der Waals surface area (Å²) in [4.78, 5) is 62.4. The maximum atomic E-state index is 12.9. The van der Waals surface area contributed by atoms with E-state index in [9.17, 15) is 111 Å². The lowest BCUT2D eigenvalue weighted by Gasteiger charge is -2.50. The third kappa shape index (κ3) is 20.2. The molecular weight excluding hydrogens is 1360 g/mol. The molecule has 6 amide bonds. The van der Waals surface area contributed by atoms with E-state index in [1.54, 1.807) is 11.8 Å². The molecule has 40 nitrogen and oxygen atoms in total. The van der Waals surface area contributed by atoms with Gasteiger partial charge in [0.2, 0.25) is 23.6 Å². The fraction of sp³-hybridized carbons (Fsp3) is 0.914. The Morgan fingerprint density at radius 3 is 1.43 bits per heavy atom. The first-order chi connectivity index (χ1) is 47.2. The van der Waals surface area contributed by atoms with E-state index in [-0.39, 0.29) is 56.0 Å². The molecule has 8 aliphatic rings. The van der Waals surface area contributed by atoms with E-state index in [1.807, 2.05) is 0 Å². The Kier molecular flexibility index (Phi) is 31.0. The van der Waals surface area contributed by atoms with Crippen molar-refractivity contribution in [2.45, 2.75) is 267 Å². The lowest BCUT2D eigenvalue weighted by molar-refractivity contribution is -0.382. The van der Waals surface area contributed by atoms with Crippen molar-refractivity contribution in [1.82, 2.24) is 31.9 Å². The van der Waals surface area contributed by atoms with Gasteiger partial charge in [0, 0.05) is 57.4 Å². The molecule has 0 radical (unpaired) electrons. The second-order valence-electron chi connectivity index (χ2n) is 25.5. The Morgan fingerprint density at radius 1 is 0.444 bits per heavy atom. The van der Waals surface area contributed by atoms with Crippen LogP contribution in [0.4, 0.5) is 4.79 Å². The van der Waals surface area contributed by atoms with Crippen molar-refractivity contribution >= 4 is 41.4 Å². The number of aliphatic hydroxyl groups is 17. The molecule has 570 valence electrons. The summed E-state index contributed by atoms with van der Waals surface area (Å²) in [5.74, 6) is -1.13. The van der Waals surface area contributed by atoms with Crippen LogP contribution in [0.1, 0.15) is 65.2 Å². The molecule has 33 atom stereocenters. The van der Waals surface area contributed by atoms with Gasteiger partial charge < -0.3 is 176 Å². The van der Waals surface area contributed by atoms with Crippen LogP contribution in [0.2, 0.25) is 0 Å². The maximum Gasteiger partial charge on any atom is 0.315 e. The van der Waals surface area contributed by atoms with Crippen molar-refractivity contribution < 1.29 is 168 Å². The molecule has 0 unspecified atom stereocenters. The van der Waals surface area contributed by atoms with E-state index in [0.717, 1.165) is 32.4 Å². The summed E-state index contributed by atoms with van der Waals surface area (Å²) in [6, 6.07) is -3.17. The standard InChI is InChI=1S/C58H98N6O34S/c1-21(70)61-34-40(78)48(95-56-46(84)43(81)49(28(18-69)93-56)96-54-44(82)41(79)36(74)24(14-65)90-54)27(17-68)92-52(34)88-19-29-39(77)51(98-55-45(83)42(80)37(75)25(15-66)91-55)47(85)57(94-29)97-50-35(62-22(2)71)53(89-26(16-67)38(50)76)87-13-7-3-4-9-31(72)59-11-12-60-32(73)10-6-5-8-30-33-23(20-99-30)63-58(86)64-33/h23-30,33-57,65-69,74-85H,3-20H2,1-2H3,(H,59,72)(H,60,73)(H,61,70)(H,62,71)(H2,63,64,86)/t23-,24+,25+,26+,27+,28+,29+,30-,33-,34+,35+,36-,37-,38-,39-,40+,41-,42-,43+,44+,45+,46+,47+,48+,49-,50+,51-,52+,53-,54+,55-,56-,57-/m0/s1. The van der Waals surface area contributed by atoms with Crippen LogP contribution in [0.3, 0.4) is 0 Å². The zero-order valence-electron chi connectivity index (χ0n) is 54.2. The molecule has 0 spiro atoms. The van der Waals surface area contributed by atoms with Crippen LogP contribution in [0, 0.1) is 0 Å². The molecule has 0 aromatic rings. The molecule has 8 aliphatic heterocycles. The first kappa shape index (κ1) is 81.0. The summed E-state index contributed by atoms with van der Waals surface area (Å²) >= 11 is 1.81. The Morgan fingerprint density at radius 2 is 0.879 bits per heavy atom. The summed E-state index contributed by atoms with van der Waals surface area (Å²) in [7, 11) is 0. The van der Waals surface area contributed by atoms with Crippen LogP contribution >= 0.6 is 11.8 Å². The second kappa shape index (κ2) is 37.9. The van der Waals surface area contributed by atoms with Gasteiger partial charge in [-0.05, 0) is 25.7 Å². The monoisotopic (exact) mass is 1450 g/mol. The van der Waals surface area contributed by atoms with Crippen molar-refractivity contribution in [1.29, 1.82) is 0 Å². The Balaban J connectivity index is 0.892. The third-order valence-corrected chi connectivity index (χ3v) is 19.9. The number of aliphatic hydroxyl groups excluding tert-OH is 17. The minimum Gasteiger partial charge on any atom is -0.394 e. The molecule has 0 aliphatic carbocycles. The van der Waals surface area contributed by atoms with Gasteiger partial charge in [-0.1, -0.05) is 12.8 Å². The summed E-state index contributed by atoms with van der Waals surface area (Å²) in [5.41, 5.74) is 0. The van der Waals surface area contributed by atoms with Crippen LogP contribution in [0.15, 0.2) is 0 Å². The average molecular weight is 1460 g/mol. The van der Waals surface area contributed by atoms with Crippen LogP contribution in [-0.2, 0) is 76.0 Å². The van der Waals surface area contributed by atoms with Crippen LogP contribution in [-0.4, -0.2) is 383 Å². The Bertz CT molecular complexity index is 2550. The predicted octanol–water partition coefficient (Wildman–Crippen LogP) is -12.3. The SMILES string of the molecule is CC(=O)N[C@H]1[C@H](OC[C@H]2O[C@@H](O[C@H]3[C@@H](O)[C@@H](CO)O[C@H](OCCCCCC(=O)NCCNC(=O)CCCC[C@@H]4SC[C@@H]5NC(=O)N[C@@H]54)[C@@H]3NC(C)=O)[C@H](O)[C@@H](O[C@@H]3O[C@H](CO)[C@H](O)[C@H](O)[C@H]3O)[C@H]2O)O[C@H](CO)[C@@H](O[C@@H]2O[C@H](CO)[C@H](O[C@H]3O[C@H](CO)[C@H](O)[C@H](O)[C@H]3O)[C@H](O)[C@H]2O)[C@@H]1O. The second-order valence-corrected chi connectivity index (χ2v) is 26.8. The van der Waals surface area contributed by atoms with Crippen LogP contribution in [0.25, 0.3) is 0 Å². The molecular formula is C58H98N6O34S.